The topological polar surface area (TPSA) is 63.6 Å². The van der Waals surface area contributed by atoms with Crippen LogP contribution in [0.25, 0.3) is 0 Å². The number of hydrogen-bond donors (Lipinski definition) is 1. The monoisotopic (exact) mass is 486 g/mol. The van der Waals surface area contributed by atoms with Gasteiger partial charge >= 0.3 is 11.9 Å². The second-order valence-corrected chi connectivity index (χ2v) is 13.5. The van der Waals surface area contributed by atoms with Crippen LogP contribution in [-0.4, -0.2) is 23.1 Å². The van der Waals surface area contributed by atoms with E-state index >= 15 is 0 Å². The number of hydrogen-bond acceptors (Lipinski definition) is 3. The molecule has 0 heterocycles. The lowest BCUT2D eigenvalue weighted by molar-refractivity contribution is -0.154. The van der Waals surface area contributed by atoms with Crippen LogP contribution in [0.2, 0.25) is 0 Å². The summed E-state index contributed by atoms with van der Waals surface area (Å²) in [5.74, 6) is 3.68. The standard InChI is InChI=1S/C31H50O4/c1-20(2)7-6-8-21(3)25-11-12-26-24-10-9-22-19-23(35-29(34)14-13-28(32)33)15-17-30(22,4)27(24)16-18-31(25,26)5/h9,20-21,23-27H,6-8,10-19H2,1-5H3,(H,32,33)/t21-,23-,24+,25+,26+,27+,30-,31+/m0/s1. The first-order chi connectivity index (χ1) is 16.5. The Balaban J connectivity index is 1.40. The lowest BCUT2D eigenvalue weighted by atomic mass is 9.47. The van der Waals surface area contributed by atoms with Gasteiger partial charge < -0.3 is 9.84 Å². The molecule has 8 atom stereocenters. The van der Waals surface area contributed by atoms with E-state index in [1.807, 2.05) is 0 Å². The highest BCUT2D eigenvalue weighted by Crippen LogP contribution is 2.67. The molecule has 3 fully saturated rings. The van der Waals surface area contributed by atoms with Gasteiger partial charge in [-0.25, -0.2) is 0 Å². The van der Waals surface area contributed by atoms with E-state index in [9.17, 15) is 9.59 Å². The summed E-state index contributed by atoms with van der Waals surface area (Å²) in [7, 11) is 0. The van der Waals surface area contributed by atoms with Gasteiger partial charge in [0.2, 0.25) is 0 Å². The second kappa shape index (κ2) is 10.6. The van der Waals surface area contributed by atoms with Gasteiger partial charge in [0.15, 0.2) is 0 Å². The van der Waals surface area contributed by atoms with Crippen LogP contribution >= 0.6 is 0 Å². The average Bonchev–Trinajstić information content (AvgIpc) is 3.15. The van der Waals surface area contributed by atoms with E-state index in [1.165, 1.54) is 56.9 Å². The van der Waals surface area contributed by atoms with Gasteiger partial charge in [-0.2, -0.15) is 0 Å². The Kier molecular flexibility index (Phi) is 8.08. The fourth-order valence-electron chi connectivity index (χ4n) is 9.21. The third-order valence-electron chi connectivity index (χ3n) is 11.1. The fraction of sp³-hybridized carbons (Fsp3) is 0.871. The largest absolute Gasteiger partial charge is 0.481 e. The quantitative estimate of drug-likeness (QED) is 0.267. The van der Waals surface area contributed by atoms with Gasteiger partial charge in [-0.1, -0.05) is 65.5 Å². The van der Waals surface area contributed by atoms with Crippen molar-refractivity contribution in [2.75, 3.05) is 0 Å². The maximum atomic E-state index is 12.1. The van der Waals surface area contributed by atoms with E-state index in [0.29, 0.717) is 5.41 Å². The molecule has 0 aliphatic heterocycles. The van der Waals surface area contributed by atoms with Crippen molar-refractivity contribution in [3.05, 3.63) is 11.6 Å². The van der Waals surface area contributed by atoms with Crippen LogP contribution < -0.4 is 0 Å². The van der Waals surface area contributed by atoms with Gasteiger partial charge in [-0.05, 0) is 91.3 Å². The summed E-state index contributed by atoms with van der Waals surface area (Å²) < 4.78 is 5.70. The third-order valence-corrected chi connectivity index (χ3v) is 11.1. The molecule has 4 nitrogen and oxygen atoms in total. The van der Waals surface area contributed by atoms with E-state index < -0.39 is 5.97 Å². The SMILES string of the molecule is CC(C)CCC[C@H](C)[C@H]1CC[C@@H]2[C@H]3CC=C4C[C@@H](OC(=O)CCC(=O)O)CC[C@]4(C)[C@@H]3CC[C@@]21C. The predicted octanol–water partition coefficient (Wildman–Crippen LogP) is 7.80. The van der Waals surface area contributed by atoms with Crippen molar-refractivity contribution in [1.82, 2.24) is 0 Å². The van der Waals surface area contributed by atoms with Crippen molar-refractivity contribution in [1.29, 1.82) is 0 Å². The number of ether oxygens (including phenoxy) is 1. The van der Waals surface area contributed by atoms with Crippen LogP contribution in [0.5, 0.6) is 0 Å². The van der Waals surface area contributed by atoms with Crippen molar-refractivity contribution in [2.24, 2.45) is 46.3 Å². The van der Waals surface area contributed by atoms with Crippen LogP contribution in [0.4, 0.5) is 0 Å². The smallest absolute Gasteiger partial charge is 0.306 e. The van der Waals surface area contributed by atoms with Gasteiger partial charge in [0, 0.05) is 6.42 Å². The molecule has 198 valence electrons. The Bertz CT molecular complexity index is 815. The first kappa shape index (κ1) is 26.7. The average molecular weight is 487 g/mol. The van der Waals surface area contributed by atoms with Crippen LogP contribution in [-0.2, 0) is 14.3 Å². The molecule has 0 aromatic heterocycles. The number of carbonyl (C=O) groups is 2. The van der Waals surface area contributed by atoms with Crippen LogP contribution in [0.15, 0.2) is 11.6 Å². The molecule has 35 heavy (non-hydrogen) atoms. The lowest BCUT2D eigenvalue weighted by Gasteiger charge is -2.58. The van der Waals surface area contributed by atoms with Crippen LogP contribution in [0.1, 0.15) is 118 Å². The van der Waals surface area contributed by atoms with Gasteiger partial charge in [0.1, 0.15) is 6.10 Å². The molecule has 0 amide bonds. The number of carbonyl (C=O) groups excluding carboxylic acids is 1. The number of esters is 1. The van der Waals surface area contributed by atoms with E-state index in [2.05, 4.69) is 40.7 Å². The Morgan fingerprint density at radius 2 is 1.80 bits per heavy atom. The minimum absolute atomic E-state index is 0.0236. The number of fused-ring (bicyclic) bond motifs is 5. The van der Waals surface area contributed by atoms with Gasteiger partial charge in [-0.15, -0.1) is 0 Å². The van der Waals surface area contributed by atoms with E-state index in [4.69, 9.17) is 9.84 Å². The van der Waals surface area contributed by atoms with Crippen molar-refractivity contribution < 1.29 is 19.4 Å². The number of rotatable bonds is 9. The molecule has 0 bridgehead atoms. The number of carboxylic acid groups (broad SMARTS) is 1. The highest BCUT2D eigenvalue weighted by Gasteiger charge is 2.59. The molecular weight excluding hydrogens is 436 g/mol. The molecule has 4 rings (SSSR count). The highest BCUT2D eigenvalue weighted by molar-refractivity contribution is 5.76. The van der Waals surface area contributed by atoms with E-state index in [1.54, 1.807) is 0 Å². The Morgan fingerprint density at radius 1 is 1.03 bits per heavy atom. The second-order valence-electron chi connectivity index (χ2n) is 13.5. The summed E-state index contributed by atoms with van der Waals surface area (Å²) in [6, 6.07) is 0. The first-order valence-electron chi connectivity index (χ1n) is 14.7. The summed E-state index contributed by atoms with van der Waals surface area (Å²) in [6.07, 6.45) is 16.0. The Morgan fingerprint density at radius 3 is 2.51 bits per heavy atom. The molecule has 0 radical (unpaired) electrons. The molecule has 0 saturated heterocycles. The maximum Gasteiger partial charge on any atom is 0.306 e. The lowest BCUT2D eigenvalue weighted by Crippen LogP contribution is -2.51. The van der Waals surface area contributed by atoms with Crippen LogP contribution in [0.3, 0.4) is 0 Å². The summed E-state index contributed by atoms with van der Waals surface area (Å²) in [6.45, 7) is 12.4. The zero-order valence-corrected chi connectivity index (χ0v) is 23.0. The molecule has 0 aromatic rings. The van der Waals surface area contributed by atoms with E-state index in [0.717, 1.165) is 54.8 Å². The Hall–Kier alpha value is -1.32. The van der Waals surface area contributed by atoms with Crippen molar-refractivity contribution in [3.63, 3.8) is 0 Å². The summed E-state index contributed by atoms with van der Waals surface area (Å²) in [5.41, 5.74) is 2.27. The molecule has 4 aliphatic carbocycles. The highest BCUT2D eigenvalue weighted by atomic mass is 16.5. The predicted molar refractivity (Wildman–Crippen MR) is 140 cm³/mol. The van der Waals surface area contributed by atoms with Gasteiger partial charge in [0.25, 0.3) is 0 Å². The normalized spacial score (nSPS) is 39.3. The number of aliphatic carboxylic acids is 1. The number of carboxylic acids is 1. The third kappa shape index (κ3) is 5.37. The number of allylic oxidation sites excluding steroid dienone is 1. The minimum atomic E-state index is -0.942. The van der Waals surface area contributed by atoms with Crippen LogP contribution in [0, 0.1) is 46.3 Å². The van der Waals surface area contributed by atoms with Gasteiger partial charge in [0.05, 0.1) is 12.8 Å². The first-order valence-corrected chi connectivity index (χ1v) is 14.7. The maximum absolute atomic E-state index is 12.1. The fourth-order valence-corrected chi connectivity index (χ4v) is 9.21. The van der Waals surface area contributed by atoms with Crippen molar-refractivity contribution in [2.45, 2.75) is 124 Å². The van der Waals surface area contributed by atoms with Crippen molar-refractivity contribution in [3.8, 4) is 0 Å². The minimum Gasteiger partial charge on any atom is -0.481 e. The zero-order valence-electron chi connectivity index (χ0n) is 23.0. The summed E-state index contributed by atoms with van der Waals surface area (Å²) in [4.78, 5) is 22.9. The molecule has 4 aliphatic rings. The molecule has 0 spiro atoms. The summed E-state index contributed by atoms with van der Waals surface area (Å²) >= 11 is 0. The molecule has 4 heteroatoms. The van der Waals surface area contributed by atoms with Crippen molar-refractivity contribution >= 4 is 11.9 Å². The van der Waals surface area contributed by atoms with E-state index in [-0.39, 0.29) is 30.3 Å². The molecule has 3 saturated carbocycles. The Labute approximate surface area is 213 Å². The van der Waals surface area contributed by atoms with Gasteiger partial charge in [-0.3, -0.25) is 9.59 Å². The molecule has 0 unspecified atom stereocenters. The zero-order chi connectivity index (χ0) is 25.4. The molecule has 0 aromatic carbocycles. The summed E-state index contributed by atoms with van der Waals surface area (Å²) in [5, 5.41) is 8.84. The molecular formula is C31H50O4. The molecule has 1 N–H and O–H groups in total.